The number of thiazole rings is 1. The second-order valence-corrected chi connectivity index (χ2v) is 8.04. The molecule has 1 N–H and O–H groups in total. The monoisotopic (exact) mass is 437 g/mol. The summed E-state index contributed by atoms with van der Waals surface area (Å²) < 4.78 is 5.40. The third-order valence-corrected chi connectivity index (χ3v) is 5.58. The van der Waals surface area contributed by atoms with Crippen LogP contribution in [0.25, 0.3) is 6.08 Å². The van der Waals surface area contributed by atoms with E-state index in [2.05, 4.69) is 10.3 Å². The van der Waals surface area contributed by atoms with Crippen LogP contribution in [0.2, 0.25) is 5.02 Å². The lowest BCUT2D eigenvalue weighted by atomic mass is 10.1. The van der Waals surface area contributed by atoms with Crippen LogP contribution in [0, 0.1) is 18.3 Å². The van der Waals surface area contributed by atoms with Crippen LogP contribution in [-0.2, 0) is 11.2 Å². The Morgan fingerprint density at radius 2 is 2.07 bits per heavy atom. The van der Waals surface area contributed by atoms with Crippen molar-refractivity contribution >= 4 is 40.1 Å². The highest BCUT2D eigenvalue weighted by atomic mass is 35.5. The zero-order valence-corrected chi connectivity index (χ0v) is 18.2. The number of rotatable bonds is 7. The van der Waals surface area contributed by atoms with Crippen LogP contribution in [0.15, 0.2) is 54.2 Å². The minimum absolute atomic E-state index is 0.00114. The van der Waals surface area contributed by atoms with E-state index in [0.717, 1.165) is 32.3 Å². The smallest absolute Gasteiger partial charge is 0.268 e. The van der Waals surface area contributed by atoms with Gasteiger partial charge in [0.15, 0.2) is 5.13 Å². The van der Waals surface area contributed by atoms with E-state index in [1.54, 1.807) is 30.5 Å². The molecular formula is C23H20ClN3O2S. The van der Waals surface area contributed by atoms with E-state index in [0.29, 0.717) is 18.2 Å². The molecule has 0 aliphatic heterocycles. The van der Waals surface area contributed by atoms with Crippen LogP contribution in [0.3, 0.4) is 0 Å². The van der Waals surface area contributed by atoms with E-state index in [1.807, 2.05) is 38.1 Å². The lowest BCUT2D eigenvalue weighted by Gasteiger charge is -2.03. The zero-order chi connectivity index (χ0) is 21.5. The molecule has 0 saturated heterocycles. The minimum atomic E-state index is -0.495. The van der Waals surface area contributed by atoms with E-state index in [9.17, 15) is 10.1 Å². The Hall–Kier alpha value is -3.14. The fourth-order valence-electron chi connectivity index (χ4n) is 2.70. The molecule has 0 saturated carbocycles. The van der Waals surface area contributed by atoms with E-state index >= 15 is 0 Å². The van der Waals surface area contributed by atoms with Gasteiger partial charge in [-0.05, 0) is 54.8 Å². The Balaban J connectivity index is 1.67. The number of carbonyl (C=O) groups is 1. The number of nitriles is 1. The molecule has 0 radical (unpaired) electrons. The lowest BCUT2D eigenvalue weighted by molar-refractivity contribution is -0.112. The first-order valence-corrected chi connectivity index (χ1v) is 10.5. The summed E-state index contributed by atoms with van der Waals surface area (Å²) in [6, 6.07) is 15.1. The molecule has 0 atom stereocenters. The van der Waals surface area contributed by atoms with Gasteiger partial charge in [0.25, 0.3) is 5.91 Å². The maximum Gasteiger partial charge on any atom is 0.268 e. The summed E-state index contributed by atoms with van der Waals surface area (Å²) in [5.41, 5.74) is 2.84. The number of aryl methyl sites for hydroxylation is 1. The fourth-order valence-corrected chi connectivity index (χ4v) is 3.75. The van der Waals surface area contributed by atoms with Gasteiger partial charge in [0, 0.05) is 22.5 Å². The van der Waals surface area contributed by atoms with Crippen molar-refractivity contribution in [3.8, 4) is 11.8 Å². The van der Waals surface area contributed by atoms with Crippen LogP contribution in [0.5, 0.6) is 5.75 Å². The largest absolute Gasteiger partial charge is 0.494 e. The van der Waals surface area contributed by atoms with Gasteiger partial charge in [-0.2, -0.15) is 5.26 Å². The molecule has 0 bridgehead atoms. The lowest BCUT2D eigenvalue weighted by Crippen LogP contribution is -2.13. The molecule has 0 aliphatic carbocycles. The first-order chi connectivity index (χ1) is 14.5. The van der Waals surface area contributed by atoms with Gasteiger partial charge in [0.05, 0.1) is 6.61 Å². The standard InChI is InChI=1S/C23H20ClN3O2S/c1-3-29-19-8-6-16(7-9-19)10-18(13-25)22(28)27-23-26-14-20(30-23)11-17-5-4-15(2)21(24)12-17/h4-10,12,14H,3,11H2,1-2H3,(H,26,27,28). The molecule has 0 unspecified atom stereocenters. The van der Waals surface area contributed by atoms with E-state index in [1.165, 1.54) is 17.4 Å². The van der Waals surface area contributed by atoms with Crippen molar-refractivity contribution in [3.05, 3.63) is 80.8 Å². The number of hydrogen-bond acceptors (Lipinski definition) is 5. The van der Waals surface area contributed by atoms with Crippen molar-refractivity contribution in [2.75, 3.05) is 11.9 Å². The molecule has 0 fully saturated rings. The number of carbonyl (C=O) groups excluding carboxylic acids is 1. The van der Waals surface area contributed by atoms with Gasteiger partial charge in [-0.3, -0.25) is 10.1 Å². The van der Waals surface area contributed by atoms with Crippen molar-refractivity contribution in [1.29, 1.82) is 5.26 Å². The zero-order valence-electron chi connectivity index (χ0n) is 16.6. The van der Waals surface area contributed by atoms with Crippen molar-refractivity contribution in [1.82, 2.24) is 4.98 Å². The van der Waals surface area contributed by atoms with Crippen LogP contribution in [-0.4, -0.2) is 17.5 Å². The highest BCUT2D eigenvalue weighted by Gasteiger charge is 2.12. The third kappa shape index (κ3) is 5.69. The number of nitrogens with one attached hydrogen (secondary N) is 1. The predicted octanol–water partition coefficient (Wildman–Crippen LogP) is 5.64. The van der Waals surface area contributed by atoms with Crippen LogP contribution in [0.4, 0.5) is 5.13 Å². The molecule has 0 spiro atoms. The first-order valence-electron chi connectivity index (χ1n) is 9.34. The van der Waals surface area contributed by atoms with Crippen LogP contribution >= 0.6 is 22.9 Å². The first kappa shape index (κ1) is 21.6. The molecule has 3 aromatic rings. The van der Waals surface area contributed by atoms with Gasteiger partial charge < -0.3 is 4.74 Å². The fraction of sp³-hybridized carbons (Fsp3) is 0.174. The van der Waals surface area contributed by atoms with Gasteiger partial charge in [0.2, 0.25) is 0 Å². The number of halogens is 1. The Labute approximate surface area is 184 Å². The summed E-state index contributed by atoms with van der Waals surface area (Å²) in [5, 5.41) is 13.3. The van der Waals surface area contributed by atoms with Crippen molar-refractivity contribution in [2.24, 2.45) is 0 Å². The normalized spacial score (nSPS) is 11.1. The molecule has 7 heteroatoms. The van der Waals surface area contributed by atoms with Gasteiger partial charge in [-0.15, -0.1) is 11.3 Å². The van der Waals surface area contributed by atoms with E-state index in [-0.39, 0.29) is 5.57 Å². The molecule has 1 heterocycles. The van der Waals surface area contributed by atoms with Gasteiger partial charge in [-0.1, -0.05) is 35.9 Å². The molecule has 2 aromatic carbocycles. The highest BCUT2D eigenvalue weighted by Crippen LogP contribution is 2.24. The number of aromatic nitrogens is 1. The Morgan fingerprint density at radius 3 is 2.73 bits per heavy atom. The maximum absolute atomic E-state index is 12.5. The molecule has 30 heavy (non-hydrogen) atoms. The highest BCUT2D eigenvalue weighted by molar-refractivity contribution is 7.15. The van der Waals surface area contributed by atoms with Crippen LogP contribution < -0.4 is 10.1 Å². The summed E-state index contributed by atoms with van der Waals surface area (Å²) in [5.74, 6) is 0.244. The molecule has 152 valence electrons. The average molecular weight is 438 g/mol. The number of ether oxygens (including phenoxy) is 1. The Bertz CT molecular complexity index is 1110. The summed E-state index contributed by atoms with van der Waals surface area (Å²) in [6.07, 6.45) is 3.92. The summed E-state index contributed by atoms with van der Waals surface area (Å²) >= 11 is 7.55. The quantitative estimate of drug-likeness (QED) is 0.383. The van der Waals surface area contributed by atoms with Crippen molar-refractivity contribution in [3.63, 3.8) is 0 Å². The SMILES string of the molecule is CCOc1ccc(C=C(C#N)C(=O)Nc2ncc(Cc3ccc(C)c(Cl)c3)s2)cc1. The molecule has 1 aromatic heterocycles. The molecular weight excluding hydrogens is 418 g/mol. The Morgan fingerprint density at radius 1 is 1.30 bits per heavy atom. The average Bonchev–Trinajstić information content (AvgIpc) is 3.17. The predicted molar refractivity (Wildman–Crippen MR) is 121 cm³/mol. The topological polar surface area (TPSA) is 75.0 Å². The summed E-state index contributed by atoms with van der Waals surface area (Å²) in [6.45, 7) is 4.44. The molecule has 3 rings (SSSR count). The van der Waals surface area contributed by atoms with Crippen LogP contribution in [0.1, 0.15) is 28.5 Å². The minimum Gasteiger partial charge on any atom is -0.494 e. The number of anilines is 1. The second kappa shape index (κ2) is 10.1. The van der Waals surface area contributed by atoms with Crippen molar-refractivity contribution in [2.45, 2.75) is 20.3 Å². The molecule has 0 aliphatic rings. The summed E-state index contributed by atoms with van der Waals surface area (Å²) in [7, 11) is 0. The van der Waals surface area contributed by atoms with Gasteiger partial charge in [-0.25, -0.2) is 4.98 Å². The van der Waals surface area contributed by atoms with Gasteiger partial charge in [0.1, 0.15) is 17.4 Å². The van der Waals surface area contributed by atoms with E-state index in [4.69, 9.17) is 16.3 Å². The molecule has 1 amide bonds. The van der Waals surface area contributed by atoms with Gasteiger partial charge >= 0.3 is 0 Å². The third-order valence-electron chi connectivity index (χ3n) is 4.26. The number of hydrogen-bond donors (Lipinski definition) is 1. The van der Waals surface area contributed by atoms with E-state index < -0.39 is 5.91 Å². The molecule has 5 nitrogen and oxygen atoms in total. The maximum atomic E-state index is 12.5. The number of benzene rings is 2. The second-order valence-electron chi connectivity index (χ2n) is 6.52. The number of nitrogens with zero attached hydrogens (tertiary/aromatic N) is 2. The van der Waals surface area contributed by atoms with Crippen molar-refractivity contribution < 1.29 is 9.53 Å². The Kier molecular flexibility index (Phi) is 7.23. The summed E-state index contributed by atoms with van der Waals surface area (Å²) in [4.78, 5) is 17.7. The number of amides is 1.